The van der Waals surface area contributed by atoms with Crippen LogP contribution in [0.1, 0.15) is 0 Å². The number of halogens is 12. The highest BCUT2D eigenvalue weighted by Gasteiger charge is 2.71. The summed E-state index contributed by atoms with van der Waals surface area (Å²) >= 11 is 0. The number of hydrogen-bond donors (Lipinski definition) is 0. The van der Waals surface area contributed by atoms with E-state index in [0.29, 0.717) is 4.13 Å². The Balaban J connectivity index is 6.16. The molecule has 0 aromatic carbocycles. The van der Waals surface area contributed by atoms with E-state index in [1.165, 1.54) is 0 Å². The minimum absolute atomic E-state index is 0.399. The highest BCUT2D eigenvalue weighted by atomic mass is 32.3. The van der Waals surface area contributed by atoms with Crippen molar-refractivity contribution in [3.05, 3.63) is 4.13 Å². The third kappa shape index (κ3) is 3.62. The van der Waals surface area contributed by atoms with Gasteiger partial charge < -0.3 is 4.13 Å². The lowest BCUT2D eigenvalue weighted by Crippen LogP contribution is -2.54. The zero-order valence-electron chi connectivity index (χ0n) is 10.6. The first kappa shape index (κ1) is 24.0. The van der Waals surface area contributed by atoms with Crippen LogP contribution in [0.25, 0.3) is 4.13 Å². The summed E-state index contributed by atoms with van der Waals surface area (Å²) < 4.78 is 191. The summed E-state index contributed by atoms with van der Waals surface area (Å²) in [4.78, 5) is 0. The lowest BCUT2D eigenvalue weighted by atomic mass is 10.4. The summed E-state index contributed by atoms with van der Waals surface area (Å²) in [5, 5.41) is -14.3. The van der Waals surface area contributed by atoms with E-state index in [1.807, 2.05) is 0 Å². The molecule has 0 aliphatic heterocycles. The van der Waals surface area contributed by atoms with Crippen molar-refractivity contribution in [3.63, 3.8) is 0 Å². The van der Waals surface area contributed by atoms with Crippen LogP contribution in [0.3, 0.4) is 0 Å². The summed E-state index contributed by atoms with van der Waals surface area (Å²) in [6.45, 7) is 0. The van der Waals surface area contributed by atoms with Gasteiger partial charge in [-0.3, -0.25) is 0 Å². The van der Waals surface area contributed by atoms with E-state index < -0.39 is 55.3 Å². The predicted molar refractivity (Wildman–Crippen MR) is 53.0 cm³/mol. The molecular weight excluding hydrogens is 442 g/mol. The van der Waals surface area contributed by atoms with Gasteiger partial charge in [0.15, 0.2) is 20.0 Å². The number of rotatable bonds is 8. The Morgan fingerprint density at radius 2 is 0.760 bits per heavy atom. The van der Waals surface area contributed by atoms with Gasteiger partial charge in [0.1, 0.15) is 0 Å². The topological polar surface area (TPSA) is 82.4 Å². The Kier molecular flexibility index (Phi) is 6.07. The largest absolute Gasteiger partial charge is 0.425 e. The highest BCUT2D eigenvalue weighted by Crippen LogP contribution is 2.49. The number of nitrogens with zero attached hydrogens (tertiary/aromatic N) is 1. The fourth-order valence-electron chi connectivity index (χ4n) is 0.821. The number of sulfonamides is 2. The number of alkyl halides is 12. The van der Waals surface area contributed by atoms with Crippen LogP contribution >= 0.6 is 0 Å². The van der Waals surface area contributed by atoms with Crippen LogP contribution in [-0.2, 0) is 20.0 Å². The fraction of sp³-hybridized carbons (Fsp3) is 1.00. The summed E-state index contributed by atoms with van der Waals surface area (Å²) in [6, 6.07) is 0. The average Bonchev–Trinajstić information content (AvgIpc) is 2.35. The Hall–Kier alpha value is -0.980. The smallest absolute Gasteiger partial charge is 0.397 e. The molecule has 152 valence electrons. The van der Waals surface area contributed by atoms with Crippen LogP contribution < -0.4 is 0 Å². The molecule has 5 nitrogen and oxygen atoms in total. The SMILES string of the molecule is O=S(=O)([N-]S(=O)(=O)C(F)(F)C(F)(F)C(F)F)C(F)(F)C(F)(F)C(F)F. The minimum Gasteiger partial charge on any atom is -0.425 e. The van der Waals surface area contributed by atoms with Gasteiger partial charge in [0.2, 0.25) is 0 Å². The Bertz CT molecular complexity index is 639. The third-order valence-electron chi connectivity index (χ3n) is 2.17. The van der Waals surface area contributed by atoms with Crippen molar-refractivity contribution in [1.29, 1.82) is 0 Å². The van der Waals surface area contributed by atoms with Crippen LogP contribution in [-0.4, -0.2) is 52.0 Å². The normalized spacial score (nSPS) is 15.9. The van der Waals surface area contributed by atoms with Crippen molar-refractivity contribution in [3.8, 4) is 0 Å². The van der Waals surface area contributed by atoms with Gasteiger partial charge in [-0.1, -0.05) is 0 Å². The molecule has 0 aliphatic rings. The van der Waals surface area contributed by atoms with E-state index in [1.54, 1.807) is 0 Å². The Morgan fingerprint density at radius 1 is 0.560 bits per heavy atom. The lowest BCUT2D eigenvalue weighted by Gasteiger charge is -2.35. The first-order chi connectivity index (χ1) is 10.6. The van der Waals surface area contributed by atoms with E-state index in [2.05, 4.69) is 0 Å². The molecule has 0 amide bonds. The second kappa shape index (κ2) is 6.32. The van der Waals surface area contributed by atoms with Gasteiger partial charge in [-0.2, -0.15) is 35.1 Å². The van der Waals surface area contributed by atoms with Crippen LogP contribution in [0.2, 0.25) is 0 Å². The molecule has 0 saturated heterocycles. The summed E-state index contributed by atoms with van der Waals surface area (Å²) in [6.07, 6.45) is -11.0. The first-order valence-corrected chi connectivity index (χ1v) is 7.78. The van der Waals surface area contributed by atoms with E-state index in [-0.39, 0.29) is 0 Å². The van der Waals surface area contributed by atoms with Crippen LogP contribution in [0.5, 0.6) is 0 Å². The summed E-state index contributed by atoms with van der Waals surface area (Å²) in [7, 11) is -15.7. The van der Waals surface area contributed by atoms with Crippen molar-refractivity contribution >= 4 is 20.0 Å². The lowest BCUT2D eigenvalue weighted by molar-refractivity contribution is -0.225. The van der Waals surface area contributed by atoms with Gasteiger partial charge in [-0.05, 0) is 0 Å². The molecule has 0 heterocycles. The van der Waals surface area contributed by atoms with Crippen molar-refractivity contribution < 1.29 is 69.5 Å². The van der Waals surface area contributed by atoms with Gasteiger partial charge in [-0.15, -0.1) is 0 Å². The minimum atomic E-state index is -7.87. The molecule has 0 bridgehead atoms. The molecular formula is C6H2F12NO4S2-. The molecule has 0 aromatic rings. The quantitative estimate of drug-likeness (QED) is 0.539. The molecule has 0 spiro atoms. The molecule has 0 aromatic heterocycles. The molecule has 0 saturated carbocycles. The zero-order valence-corrected chi connectivity index (χ0v) is 12.2. The molecule has 0 N–H and O–H groups in total. The van der Waals surface area contributed by atoms with Crippen molar-refractivity contribution in [2.75, 3.05) is 0 Å². The van der Waals surface area contributed by atoms with Crippen molar-refractivity contribution in [1.82, 2.24) is 0 Å². The van der Waals surface area contributed by atoms with Gasteiger partial charge in [-0.25, -0.2) is 34.4 Å². The maximum Gasteiger partial charge on any atom is 0.397 e. The molecule has 25 heavy (non-hydrogen) atoms. The van der Waals surface area contributed by atoms with Crippen molar-refractivity contribution in [2.45, 2.75) is 35.2 Å². The second-order valence-electron chi connectivity index (χ2n) is 3.91. The summed E-state index contributed by atoms with van der Waals surface area (Å²) in [5.74, 6) is -13.8. The third-order valence-corrected chi connectivity index (χ3v) is 5.58. The highest BCUT2D eigenvalue weighted by molar-refractivity contribution is 8.13. The molecule has 0 rings (SSSR count). The molecule has 19 heteroatoms. The van der Waals surface area contributed by atoms with E-state index in [4.69, 9.17) is 0 Å². The summed E-state index contributed by atoms with van der Waals surface area (Å²) in [5.41, 5.74) is 0. The van der Waals surface area contributed by atoms with Gasteiger partial charge in [0.25, 0.3) is 0 Å². The van der Waals surface area contributed by atoms with Crippen molar-refractivity contribution in [2.24, 2.45) is 0 Å². The average molecular weight is 444 g/mol. The predicted octanol–water partition coefficient (Wildman–Crippen LogP) is 3.01. The maximum atomic E-state index is 12.8. The Morgan fingerprint density at radius 3 is 0.920 bits per heavy atom. The Labute approximate surface area is 130 Å². The van der Waals surface area contributed by atoms with E-state index in [0.717, 1.165) is 0 Å². The van der Waals surface area contributed by atoms with Crippen LogP contribution in [0.15, 0.2) is 0 Å². The molecule has 0 aliphatic carbocycles. The second-order valence-corrected chi connectivity index (χ2v) is 7.43. The van der Waals surface area contributed by atoms with E-state index >= 15 is 0 Å². The molecule has 0 unspecified atom stereocenters. The number of hydrogen-bond acceptors (Lipinski definition) is 4. The maximum absolute atomic E-state index is 12.8. The van der Waals surface area contributed by atoms with Gasteiger partial charge in [0.05, 0.1) is 0 Å². The molecule has 0 fully saturated rings. The van der Waals surface area contributed by atoms with E-state index in [9.17, 15) is 69.5 Å². The first-order valence-electron chi connectivity index (χ1n) is 4.90. The molecule has 0 atom stereocenters. The van der Waals surface area contributed by atoms with Gasteiger partial charge >= 0.3 is 35.2 Å². The van der Waals surface area contributed by atoms with Gasteiger partial charge in [0, 0.05) is 0 Å². The van der Waals surface area contributed by atoms with Crippen LogP contribution in [0.4, 0.5) is 52.7 Å². The monoisotopic (exact) mass is 444 g/mol. The fourth-order valence-corrected chi connectivity index (χ4v) is 3.47. The van der Waals surface area contributed by atoms with Crippen LogP contribution in [0, 0.1) is 0 Å². The zero-order chi connectivity index (χ0) is 20.9. The standard InChI is InChI=1S/C6H2F12NO4S2/c7-1(8)3(11,12)5(15,16)24(20,21)19-25(22,23)6(17,18)4(13,14)2(9)10/h1-2H/q-1. The molecule has 0 radical (unpaired) electrons.